The first-order valence-corrected chi connectivity index (χ1v) is 9.55. The Hall–Kier alpha value is -2.45. The van der Waals surface area contributed by atoms with Crippen LogP contribution in [0, 0.1) is 0 Å². The zero-order valence-electron chi connectivity index (χ0n) is 14.8. The Bertz CT molecular complexity index is 841. The van der Waals surface area contributed by atoms with E-state index < -0.39 is 5.91 Å². The number of ether oxygens (including phenoxy) is 1. The number of thiocarbonyl (C=S) groups is 1. The van der Waals surface area contributed by atoms with E-state index in [4.69, 9.17) is 22.7 Å². The molecule has 0 saturated carbocycles. The molecule has 0 aliphatic heterocycles. The van der Waals surface area contributed by atoms with Crippen molar-refractivity contribution in [3.8, 4) is 5.75 Å². The number of primary amides is 1. The fraction of sp³-hybridized carbons (Fsp3) is 0.211. The molecular formula is C19H20BrN3O3S. The van der Waals surface area contributed by atoms with Crippen LogP contribution in [0.4, 0.5) is 5.69 Å². The van der Waals surface area contributed by atoms with Gasteiger partial charge >= 0.3 is 0 Å². The van der Waals surface area contributed by atoms with Crippen molar-refractivity contribution in [2.45, 2.75) is 19.8 Å². The molecule has 0 fully saturated rings. The van der Waals surface area contributed by atoms with Gasteiger partial charge in [0.25, 0.3) is 5.91 Å². The number of amides is 2. The number of carbonyl (C=O) groups is 2. The molecule has 0 radical (unpaired) electrons. The molecule has 2 aromatic rings. The molecule has 27 heavy (non-hydrogen) atoms. The predicted octanol–water partition coefficient (Wildman–Crippen LogP) is 3.85. The van der Waals surface area contributed by atoms with Crippen LogP contribution >= 0.6 is 28.1 Å². The number of hydrogen-bond acceptors (Lipinski definition) is 4. The van der Waals surface area contributed by atoms with E-state index in [0.717, 1.165) is 17.3 Å². The molecule has 8 heteroatoms. The van der Waals surface area contributed by atoms with Gasteiger partial charge in [-0.25, -0.2) is 0 Å². The Balaban J connectivity index is 2.04. The molecule has 4 N–H and O–H groups in total. The molecule has 0 spiro atoms. The first kappa shape index (κ1) is 20.9. The second-order valence-corrected chi connectivity index (χ2v) is 7.02. The van der Waals surface area contributed by atoms with Gasteiger partial charge in [-0.2, -0.15) is 0 Å². The lowest BCUT2D eigenvalue weighted by atomic mass is 10.2. The van der Waals surface area contributed by atoms with Crippen LogP contribution in [0.25, 0.3) is 0 Å². The van der Waals surface area contributed by atoms with E-state index in [2.05, 4.69) is 33.5 Å². The first-order chi connectivity index (χ1) is 12.9. The number of unbranched alkanes of at least 4 members (excludes halogenated alkanes) is 1. The van der Waals surface area contributed by atoms with Crippen LogP contribution in [-0.2, 0) is 0 Å². The second-order valence-electron chi connectivity index (χ2n) is 5.69. The zero-order chi connectivity index (χ0) is 19.8. The number of nitrogens with two attached hydrogens (primary N) is 1. The zero-order valence-corrected chi connectivity index (χ0v) is 17.2. The predicted molar refractivity (Wildman–Crippen MR) is 113 cm³/mol. The van der Waals surface area contributed by atoms with Crippen LogP contribution in [0.1, 0.15) is 40.5 Å². The van der Waals surface area contributed by atoms with Gasteiger partial charge in [0.2, 0.25) is 5.91 Å². The van der Waals surface area contributed by atoms with Gasteiger partial charge in [0.1, 0.15) is 5.75 Å². The summed E-state index contributed by atoms with van der Waals surface area (Å²) in [6, 6.07) is 11.7. The Morgan fingerprint density at radius 2 is 1.89 bits per heavy atom. The number of nitrogens with one attached hydrogen (secondary N) is 2. The minimum absolute atomic E-state index is 0.131. The summed E-state index contributed by atoms with van der Waals surface area (Å²) < 4.78 is 6.46. The molecule has 0 heterocycles. The van der Waals surface area contributed by atoms with E-state index in [1.165, 1.54) is 0 Å². The number of carbonyl (C=O) groups excluding carboxylic acids is 2. The second kappa shape index (κ2) is 10.0. The van der Waals surface area contributed by atoms with Gasteiger partial charge in [-0.1, -0.05) is 29.3 Å². The van der Waals surface area contributed by atoms with Crippen LogP contribution in [0.3, 0.4) is 0 Å². The van der Waals surface area contributed by atoms with E-state index >= 15 is 0 Å². The average Bonchev–Trinajstić information content (AvgIpc) is 2.63. The fourth-order valence-corrected chi connectivity index (χ4v) is 2.75. The average molecular weight is 450 g/mol. The molecule has 0 atom stereocenters. The summed E-state index contributed by atoms with van der Waals surface area (Å²) in [6.45, 7) is 2.60. The third-order valence-corrected chi connectivity index (χ3v) is 4.29. The highest BCUT2D eigenvalue weighted by Gasteiger charge is 2.15. The summed E-state index contributed by atoms with van der Waals surface area (Å²) in [4.78, 5) is 23.7. The number of halogens is 1. The lowest BCUT2D eigenvalue weighted by molar-refractivity contribution is 0.0971. The van der Waals surface area contributed by atoms with Crippen molar-refractivity contribution >= 4 is 50.8 Å². The van der Waals surface area contributed by atoms with Gasteiger partial charge in [-0.05, 0) is 61.1 Å². The summed E-state index contributed by atoms with van der Waals surface area (Å²) in [6.07, 6.45) is 1.90. The molecule has 0 bridgehead atoms. The van der Waals surface area contributed by atoms with E-state index in [1.807, 2.05) is 6.07 Å². The van der Waals surface area contributed by atoms with E-state index in [-0.39, 0.29) is 11.0 Å². The van der Waals surface area contributed by atoms with Gasteiger partial charge in [-0.3, -0.25) is 14.9 Å². The maximum atomic E-state index is 12.6. The van der Waals surface area contributed by atoms with Crippen molar-refractivity contribution in [2.75, 3.05) is 11.9 Å². The smallest absolute Gasteiger partial charge is 0.261 e. The summed E-state index contributed by atoms with van der Waals surface area (Å²) >= 11 is 8.55. The van der Waals surface area contributed by atoms with Gasteiger partial charge in [0, 0.05) is 15.7 Å². The highest BCUT2D eigenvalue weighted by molar-refractivity contribution is 9.10. The van der Waals surface area contributed by atoms with Crippen molar-refractivity contribution in [3.05, 3.63) is 58.1 Å². The van der Waals surface area contributed by atoms with Crippen LogP contribution in [0.5, 0.6) is 5.75 Å². The van der Waals surface area contributed by atoms with Crippen molar-refractivity contribution in [3.63, 3.8) is 0 Å². The van der Waals surface area contributed by atoms with Gasteiger partial charge < -0.3 is 15.8 Å². The monoisotopic (exact) mass is 449 g/mol. The quantitative estimate of drug-likeness (QED) is 0.440. The van der Waals surface area contributed by atoms with E-state index in [1.54, 1.807) is 36.4 Å². The topological polar surface area (TPSA) is 93.4 Å². The molecule has 0 aliphatic carbocycles. The molecule has 142 valence electrons. The molecule has 6 nitrogen and oxygen atoms in total. The summed E-state index contributed by atoms with van der Waals surface area (Å²) in [5.41, 5.74) is 6.60. The summed E-state index contributed by atoms with van der Waals surface area (Å²) in [5, 5.41) is 5.65. The lowest BCUT2D eigenvalue weighted by Crippen LogP contribution is -2.34. The number of rotatable bonds is 7. The van der Waals surface area contributed by atoms with Gasteiger partial charge in [0.05, 0.1) is 12.2 Å². The number of hydrogen-bond donors (Lipinski definition) is 3. The highest BCUT2D eigenvalue weighted by Crippen LogP contribution is 2.23. The molecular weight excluding hydrogens is 430 g/mol. The molecule has 2 aromatic carbocycles. The fourth-order valence-electron chi connectivity index (χ4n) is 2.18. The molecule has 0 unspecified atom stereocenters. The Morgan fingerprint density at radius 1 is 1.19 bits per heavy atom. The number of benzene rings is 2. The van der Waals surface area contributed by atoms with Gasteiger partial charge in [-0.15, -0.1) is 0 Å². The summed E-state index contributed by atoms with van der Waals surface area (Å²) in [7, 11) is 0. The van der Waals surface area contributed by atoms with Crippen molar-refractivity contribution in [1.29, 1.82) is 0 Å². The van der Waals surface area contributed by atoms with Crippen molar-refractivity contribution < 1.29 is 14.3 Å². The Labute approximate surface area is 171 Å². The van der Waals surface area contributed by atoms with Crippen LogP contribution < -0.4 is 21.1 Å². The van der Waals surface area contributed by atoms with Crippen LogP contribution in [0.15, 0.2) is 46.9 Å². The Morgan fingerprint density at radius 3 is 2.52 bits per heavy atom. The minimum Gasteiger partial charge on any atom is -0.493 e. The van der Waals surface area contributed by atoms with E-state index in [9.17, 15) is 9.59 Å². The van der Waals surface area contributed by atoms with Gasteiger partial charge in [0.15, 0.2) is 5.11 Å². The molecule has 0 aliphatic rings. The molecule has 0 saturated heterocycles. The maximum absolute atomic E-state index is 12.6. The van der Waals surface area contributed by atoms with Crippen LogP contribution in [0.2, 0.25) is 0 Å². The lowest BCUT2D eigenvalue weighted by Gasteiger charge is -2.13. The highest BCUT2D eigenvalue weighted by atomic mass is 79.9. The largest absolute Gasteiger partial charge is 0.493 e. The minimum atomic E-state index is -0.511. The summed E-state index contributed by atoms with van der Waals surface area (Å²) in [5.74, 6) is -0.394. The SMILES string of the molecule is CCCCOc1ccc(Br)cc1C(=O)NC(=S)Nc1ccc(C(N)=O)cc1. The number of anilines is 1. The molecule has 0 aromatic heterocycles. The van der Waals surface area contributed by atoms with E-state index in [0.29, 0.717) is 29.2 Å². The molecule has 2 amide bonds. The van der Waals surface area contributed by atoms with Crippen molar-refractivity contribution in [2.24, 2.45) is 5.73 Å². The maximum Gasteiger partial charge on any atom is 0.261 e. The standard InChI is InChI=1S/C19H20BrN3O3S/c1-2-3-10-26-16-9-6-13(20)11-15(16)18(25)23-19(27)22-14-7-4-12(5-8-14)17(21)24/h4-9,11H,2-3,10H2,1H3,(H2,21,24)(H2,22,23,25,27). The third kappa shape index (κ3) is 6.33. The third-order valence-electron chi connectivity index (χ3n) is 3.60. The Kier molecular flexibility index (Phi) is 7.75. The van der Waals surface area contributed by atoms with Crippen molar-refractivity contribution in [1.82, 2.24) is 5.32 Å². The normalized spacial score (nSPS) is 10.1. The molecule has 2 rings (SSSR count). The van der Waals surface area contributed by atoms with Crippen LogP contribution in [-0.4, -0.2) is 23.5 Å². The first-order valence-electron chi connectivity index (χ1n) is 8.35.